The van der Waals surface area contributed by atoms with Crippen molar-refractivity contribution in [2.75, 3.05) is 0 Å². The maximum Gasteiger partial charge on any atom is 0.259 e. The molecule has 0 unspecified atom stereocenters. The van der Waals surface area contributed by atoms with E-state index < -0.39 is 11.2 Å². The van der Waals surface area contributed by atoms with E-state index in [1.165, 1.54) is 11.8 Å². The van der Waals surface area contributed by atoms with Crippen molar-refractivity contribution < 1.29 is 19.5 Å². The molecule has 1 aliphatic rings. The summed E-state index contributed by atoms with van der Waals surface area (Å²) in [5.41, 5.74) is 0.909. The second-order valence-electron chi connectivity index (χ2n) is 9.99. The van der Waals surface area contributed by atoms with Gasteiger partial charge in [-0.2, -0.15) is 0 Å². The Balaban J connectivity index is 2.00. The maximum atomic E-state index is 12.2. The van der Waals surface area contributed by atoms with Crippen molar-refractivity contribution in [3.05, 3.63) is 156 Å². The number of benzene rings is 3. The van der Waals surface area contributed by atoms with Crippen LogP contribution in [-0.4, -0.2) is 21.1 Å². The molecule has 0 radical (unpaired) electrons. The molecule has 0 bridgehead atoms. The zero-order valence-electron chi connectivity index (χ0n) is 23.9. The van der Waals surface area contributed by atoms with Gasteiger partial charge in [-0.05, 0) is 73.2 Å². The van der Waals surface area contributed by atoms with E-state index >= 15 is 0 Å². The van der Waals surface area contributed by atoms with Crippen LogP contribution in [0.2, 0.25) is 0 Å². The number of hydrogen-bond donors (Lipinski definition) is 3. The van der Waals surface area contributed by atoms with Crippen LogP contribution in [0.25, 0.3) is 0 Å². The van der Waals surface area contributed by atoms with Crippen molar-refractivity contribution in [2.45, 2.75) is 46.2 Å². The summed E-state index contributed by atoms with van der Waals surface area (Å²) >= 11 is 3.62. The fourth-order valence-electron chi connectivity index (χ4n) is 5.07. The lowest BCUT2D eigenvalue weighted by Crippen LogP contribution is -2.43. The van der Waals surface area contributed by atoms with Gasteiger partial charge in [-0.1, -0.05) is 90.3 Å². The Morgan fingerprint density at radius 3 is 1.88 bits per heavy atom. The molecule has 3 aromatic carbocycles. The Morgan fingerprint density at radius 1 is 0.698 bits per heavy atom. The van der Waals surface area contributed by atoms with E-state index in [2.05, 4.69) is 26.3 Å². The molecule has 1 aliphatic carbocycles. The van der Waals surface area contributed by atoms with Crippen molar-refractivity contribution in [3.8, 4) is 5.75 Å². The number of hydrogen-bond acceptors (Lipinski definition) is 7. The van der Waals surface area contributed by atoms with Gasteiger partial charge in [0, 0.05) is 20.1 Å². The second-order valence-corrected chi connectivity index (χ2v) is 12.9. The smallest absolute Gasteiger partial charge is 0.259 e. The van der Waals surface area contributed by atoms with Crippen LogP contribution >= 0.6 is 35.6 Å². The van der Waals surface area contributed by atoms with E-state index in [0.717, 1.165) is 44.7 Å². The third-order valence-corrected chi connectivity index (χ3v) is 10.3. The molecule has 4 nitrogen and oxygen atoms in total. The minimum absolute atomic E-state index is 0.0101. The standard InChI is InChI=1S/C36H36O4S3/c1-5-15-26-21-22-30(37)31(25-26)42-33-29(16-6-2)35(23-7-3,24-8-4)34(41-27-17-11-9-12-18-27)32(36(33,38)39)40-43-28-19-13-10-14-20-28/h5-14,17-22,25,37-39H,1-4,15-16,23-24H2. The summed E-state index contributed by atoms with van der Waals surface area (Å²) in [5.74, 6) is -2.49. The van der Waals surface area contributed by atoms with Crippen molar-refractivity contribution in [2.24, 2.45) is 5.41 Å². The normalized spacial score (nSPS) is 15.6. The number of phenols is 1. The summed E-state index contributed by atoms with van der Waals surface area (Å²) in [6.45, 7) is 16.0. The monoisotopic (exact) mass is 628 g/mol. The van der Waals surface area contributed by atoms with Crippen molar-refractivity contribution >= 4 is 35.6 Å². The summed E-state index contributed by atoms with van der Waals surface area (Å²) in [6, 6.07) is 24.6. The van der Waals surface area contributed by atoms with Crippen molar-refractivity contribution in [1.29, 1.82) is 0 Å². The average molecular weight is 629 g/mol. The number of thioether (sulfide) groups is 2. The lowest BCUT2D eigenvalue weighted by atomic mass is 9.68. The second kappa shape index (κ2) is 14.9. The van der Waals surface area contributed by atoms with Gasteiger partial charge in [0.25, 0.3) is 5.79 Å². The lowest BCUT2D eigenvalue weighted by Gasteiger charge is -2.46. The fraction of sp³-hybridized carbons (Fsp3) is 0.167. The molecule has 3 N–H and O–H groups in total. The number of aromatic hydroxyl groups is 1. The van der Waals surface area contributed by atoms with Gasteiger partial charge in [0.2, 0.25) is 0 Å². The quantitative estimate of drug-likeness (QED) is 0.0880. The number of rotatable bonds is 15. The molecule has 0 aliphatic heterocycles. The summed E-state index contributed by atoms with van der Waals surface area (Å²) in [7, 11) is 0. The largest absolute Gasteiger partial charge is 0.507 e. The summed E-state index contributed by atoms with van der Waals surface area (Å²) in [6.07, 6.45) is 9.14. The van der Waals surface area contributed by atoms with Crippen molar-refractivity contribution in [3.63, 3.8) is 0 Å². The van der Waals surface area contributed by atoms with Crippen LogP contribution in [0.1, 0.15) is 24.8 Å². The zero-order valence-corrected chi connectivity index (χ0v) is 26.4. The lowest BCUT2D eigenvalue weighted by molar-refractivity contribution is -0.113. The first-order valence-corrected chi connectivity index (χ1v) is 16.2. The van der Waals surface area contributed by atoms with E-state index in [4.69, 9.17) is 4.18 Å². The van der Waals surface area contributed by atoms with E-state index in [-0.39, 0.29) is 16.4 Å². The first kappa shape index (κ1) is 32.6. The van der Waals surface area contributed by atoms with Gasteiger partial charge >= 0.3 is 0 Å². The molecule has 43 heavy (non-hydrogen) atoms. The van der Waals surface area contributed by atoms with Gasteiger partial charge in [-0.15, -0.1) is 26.3 Å². The van der Waals surface area contributed by atoms with Gasteiger partial charge in [-0.3, -0.25) is 0 Å². The molecular formula is C36H36O4S3. The molecular weight excluding hydrogens is 593 g/mol. The van der Waals surface area contributed by atoms with Crippen LogP contribution in [0, 0.1) is 5.41 Å². The highest BCUT2D eigenvalue weighted by atomic mass is 32.2. The molecule has 0 fully saturated rings. The Morgan fingerprint density at radius 2 is 1.30 bits per heavy atom. The molecule has 0 amide bonds. The summed E-state index contributed by atoms with van der Waals surface area (Å²) in [4.78, 5) is 3.11. The highest BCUT2D eigenvalue weighted by molar-refractivity contribution is 8.04. The molecule has 0 saturated heterocycles. The first-order valence-electron chi connectivity index (χ1n) is 13.8. The van der Waals surface area contributed by atoms with Gasteiger partial charge in [-0.25, -0.2) is 0 Å². The molecule has 0 spiro atoms. The van der Waals surface area contributed by atoms with Crippen LogP contribution in [-0.2, 0) is 10.6 Å². The van der Waals surface area contributed by atoms with Crippen molar-refractivity contribution in [1.82, 2.24) is 0 Å². The van der Waals surface area contributed by atoms with E-state index in [0.29, 0.717) is 35.5 Å². The van der Waals surface area contributed by atoms with Gasteiger partial charge in [0.1, 0.15) is 5.75 Å². The number of aliphatic hydroxyl groups is 2. The Kier molecular flexibility index (Phi) is 11.3. The predicted molar refractivity (Wildman–Crippen MR) is 182 cm³/mol. The third kappa shape index (κ3) is 7.25. The average Bonchev–Trinajstić information content (AvgIpc) is 3.00. The first-order chi connectivity index (χ1) is 20.8. The third-order valence-electron chi connectivity index (χ3n) is 7.00. The van der Waals surface area contributed by atoms with Gasteiger partial charge in [0.05, 0.1) is 21.8 Å². The van der Waals surface area contributed by atoms with E-state index in [9.17, 15) is 15.3 Å². The topological polar surface area (TPSA) is 69.9 Å². The molecule has 0 aromatic heterocycles. The SMILES string of the molecule is C=CCC1=C(Sc2cc(CC=C)ccc2O)C(O)(O)C(OSc2ccccc2)=C(Sc2ccccc2)C1(CC=C)CC=C. The van der Waals surface area contributed by atoms with Crippen LogP contribution in [0.5, 0.6) is 5.75 Å². The zero-order chi connectivity index (χ0) is 30.9. The van der Waals surface area contributed by atoms with Gasteiger partial charge < -0.3 is 19.5 Å². The highest BCUT2D eigenvalue weighted by Gasteiger charge is 2.54. The van der Waals surface area contributed by atoms with E-state index in [1.54, 1.807) is 18.2 Å². The Labute approximate surface area is 267 Å². The molecule has 0 saturated carbocycles. The van der Waals surface area contributed by atoms with Crippen LogP contribution in [0.3, 0.4) is 0 Å². The number of phenolic OH excluding ortho intramolecular Hbond substituents is 1. The Bertz CT molecular complexity index is 1510. The molecule has 4 rings (SSSR count). The minimum atomic E-state index is -2.53. The molecule has 3 aromatic rings. The number of allylic oxidation sites excluding steroid dienone is 6. The van der Waals surface area contributed by atoms with Crippen LogP contribution in [0.15, 0.2) is 165 Å². The molecule has 7 heteroatoms. The minimum Gasteiger partial charge on any atom is -0.507 e. The Hall–Kier alpha value is -3.33. The van der Waals surface area contributed by atoms with E-state index in [1.807, 2.05) is 84.9 Å². The predicted octanol–water partition coefficient (Wildman–Crippen LogP) is 9.60. The van der Waals surface area contributed by atoms with Crippen LogP contribution < -0.4 is 0 Å². The summed E-state index contributed by atoms with van der Waals surface area (Å²) in [5, 5.41) is 35.3. The molecule has 0 atom stereocenters. The van der Waals surface area contributed by atoms with Crippen LogP contribution in [0.4, 0.5) is 0 Å². The maximum absolute atomic E-state index is 12.2. The fourth-order valence-corrected chi connectivity index (χ4v) is 8.30. The molecule has 0 heterocycles. The highest BCUT2D eigenvalue weighted by Crippen LogP contribution is 2.62. The van der Waals surface area contributed by atoms with Gasteiger partial charge in [0.15, 0.2) is 5.76 Å². The molecule has 222 valence electrons. The summed E-state index contributed by atoms with van der Waals surface area (Å²) < 4.78 is 6.36.